The number of carboxylic acid groups (broad SMARTS) is 1. The predicted molar refractivity (Wildman–Crippen MR) is 123 cm³/mol. The molecule has 3 aromatic rings. The van der Waals surface area contributed by atoms with E-state index >= 15 is 0 Å². The van der Waals surface area contributed by atoms with Crippen LogP contribution in [0.3, 0.4) is 0 Å². The SMILES string of the molecule is CC(Nc1ccc(Cl)nc1C(=O)O)c1cc(F)cc2c(=O)n(C)c(N3CCC(O)C(F)(F)C3)nc12. The number of benzene rings is 1. The molecule has 13 heteroatoms. The molecule has 0 bridgehead atoms. The second-order valence-electron chi connectivity index (χ2n) is 8.36. The van der Waals surface area contributed by atoms with Gasteiger partial charge in [0.25, 0.3) is 11.5 Å². The summed E-state index contributed by atoms with van der Waals surface area (Å²) in [6, 6.07) is 4.14. The van der Waals surface area contributed by atoms with Gasteiger partial charge in [-0.25, -0.2) is 27.9 Å². The van der Waals surface area contributed by atoms with E-state index < -0.39 is 42.0 Å². The molecular weight excluding hydrogens is 491 g/mol. The summed E-state index contributed by atoms with van der Waals surface area (Å²) in [7, 11) is 1.35. The number of carboxylic acids is 1. The molecule has 0 saturated carbocycles. The van der Waals surface area contributed by atoms with Crippen LogP contribution >= 0.6 is 11.6 Å². The smallest absolute Gasteiger partial charge is 0.356 e. The molecule has 186 valence electrons. The zero-order valence-electron chi connectivity index (χ0n) is 18.6. The summed E-state index contributed by atoms with van der Waals surface area (Å²) in [6.07, 6.45) is -2.03. The average Bonchev–Trinajstić information content (AvgIpc) is 2.79. The minimum Gasteiger partial charge on any atom is -0.476 e. The van der Waals surface area contributed by atoms with Crippen molar-refractivity contribution >= 4 is 40.1 Å². The molecule has 2 atom stereocenters. The normalized spacial score (nSPS) is 18.5. The van der Waals surface area contributed by atoms with Crippen LogP contribution in [0.25, 0.3) is 10.9 Å². The Morgan fingerprint density at radius 3 is 2.69 bits per heavy atom. The van der Waals surface area contributed by atoms with Crippen molar-refractivity contribution in [3.63, 3.8) is 0 Å². The largest absolute Gasteiger partial charge is 0.476 e. The van der Waals surface area contributed by atoms with Crippen LogP contribution in [0.5, 0.6) is 0 Å². The number of anilines is 2. The van der Waals surface area contributed by atoms with Crippen LogP contribution in [-0.4, -0.2) is 55.8 Å². The molecule has 0 aliphatic carbocycles. The first-order chi connectivity index (χ1) is 16.4. The number of hydrogen-bond acceptors (Lipinski definition) is 7. The fourth-order valence-corrected chi connectivity index (χ4v) is 4.24. The van der Waals surface area contributed by atoms with Gasteiger partial charge in [-0.3, -0.25) is 9.36 Å². The summed E-state index contributed by atoms with van der Waals surface area (Å²) >= 11 is 5.79. The lowest BCUT2D eigenvalue weighted by Crippen LogP contribution is -2.52. The van der Waals surface area contributed by atoms with Crippen molar-refractivity contribution in [3.05, 3.63) is 56.8 Å². The van der Waals surface area contributed by atoms with Gasteiger partial charge in [0.15, 0.2) is 5.69 Å². The number of aliphatic hydroxyl groups excluding tert-OH is 1. The maximum Gasteiger partial charge on any atom is 0.356 e. The summed E-state index contributed by atoms with van der Waals surface area (Å²) in [6.45, 7) is 0.784. The Labute approximate surface area is 201 Å². The summed E-state index contributed by atoms with van der Waals surface area (Å²) in [5.41, 5.74) is -0.636. The van der Waals surface area contributed by atoms with E-state index in [1.165, 1.54) is 24.1 Å². The molecule has 0 spiro atoms. The number of alkyl halides is 2. The van der Waals surface area contributed by atoms with Gasteiger partial charge in [-0.1, -0.05) is 11.6 Å². The highest BCUT2D eigenvalue weighted by Crippen LogP contribution is 2.32. The number of aliphatic hydroxyl groups is 1. The van der Waals surface area contributed by atoms with Crippen LogP contribution in [0.4, 0.5) is 24.8 Å². The molecule has 35 heavy (non-hydrogen) atoms. The van der Waals surface area contributed by atoms with Crippen molar-refractivity contribution in [1.82, 2.24) is 14.5 Å². The number of nitrogens with zero attached hydrogens (tertiary/aromatic N) is 4. The molecule has 0 amide bonds. The Morgan fingerprint density at radius 1 is 1.31 bits per heavy atom. The van der Waals surface area contributed by atoms with E-state index in [0.717, 1.165) is 16.7 Å². The number of halogens is 4. The molecule has 9 nitrogen and oxygen atoms in total. The Kier molecular flexibility index (Phi) is 6.36. The highest BCUT2D eigenvalue weighted by atomic mass is 35.5. The Balaban J connectivity index is 1.82. The molecule has 1 fully saturated rings. The molecule has 1 aliphatic heterocycles. The molecule has 3 heterocycles. The fraction of sp³-hybridized carbons (Fsp3) is 0.364. The number of rotatable bonds is 5. The second-order valence-corrected chi connectivity index (χ2v) is 8.74. The standard InChI is InChI=1S/C22H21ClF3N5O4/c1-10(27-14-3-4-16(23)28-18(14)20(34)35)12-7-11(24)8-13-17(12)29-21(30(2)19(13)33)31-6-5-15(32)22(25,26)9-31/h3-4,7-8,10,15,27,32H,5-6,9H2,1-2H3,(H,34,35). The molecule has 0 radical (unpaired) electrons. The molecule has 1 aromatic carbocycles. The number of nitrogens with one attached hydrogen (secondary N) is 1. The van der Waals surface area contributed by atoms with Crippen LogP contribution in [0.1, 0.15) is 35.4 Å². The fourth-order valence-electron chi connectivity index (χ4n) is 4.09. The molecule has 4 rings (SSSR count). The Hall–Kier alpha value is -3.38. The lowest BCUT2D eigenvalue weighted by atomic mass is 10.0. The Morgan fingerprint density at radius 2 is 2.03 bits per heavy atom. The minimum absolute atomic E-state index is 0.0323. The van der Waals surface area contributed by atoms with Crippen LogP contribution < -0.4 is 15.8 Å². The molecular formula is C22H21ClF3N5O4. The molecule has 1 aliphatic rings. The Bertz CT molecular complexity index is 1380. The lowest BCUT2D eigenvalue weighted by Gasteiger charge is -2.37. The van der Waals surface area contributed by atoms with Crippen molar-refractivity contribution in [2.45, 2.75) is 31.4 Å². The van der Waals surface area contributed by atoms with Crippen molar-refractivity contribution < 1.29 is 28.2 Å². The third-order valence-electron chi connectivity index (χ3n) is 5.90. The number of carbonyl (C=O) groups is 1. The van der Waals surface area contributed by atoms with Crippen LogP contribution in [0.15, 0.2) is 29.1 Å². The van der Waals surface area contributed by atoms with Gasteiger partial charge in [0.1, 0.15) is 17.1 Å². The van der Waals surface area contributed by atoms with Crippen LogP contribution in [0.2, 0.25) is 5.15 Å². The van der Waals surface area contributed by atoms with Gasteiger partial charge in [-0.2, -0.15) is 0 Å². The van der Waals surface area contributed by atoms with E-state index in [2.05, 4.69) is 15.3 Å². The van der Waals surface area contributed by atoms with Gasteiger partial charge >= 0.3 is 5.97 Å². The number of hydrogen-bond donors (Lipinski definition) is 3. The molecule has 1 saturated heterocycles. The van der Waals surface area contributed by atoms with Crippen LogP contribution in [0, 0.1) is 5.82 Å². The van der Waals surface area contributed by atoms with E-state index in [4.69, 9.17) is 11.6 Å². The zero-order chi connectivity index (χ0) is 25.7. The number of pyridine rings is 1. The summed E-state index contributed by atoms with van der Waals surface area (Å²) in [5.74, 6) is -5.53. The highest BCUT2D eigenvalue weighted by molar-refractivity contribution is 6.29. The molecule has 2 aromatic heterocycles. The molecule has 3 N–H and O–H groups in total. The first-order valence-corrected chi connectivity index (χ1v) is 10.9. The van der Waals surface area contributed by atoms with Gasteiger partial charge in [0, 0.05) is 19.2 Å². The average molecular weight is 512 g/mol. The third kappa shape index (κ3) is 4.63. The van der Waals surface area contributed by atoms with Crippen molar-refractivity contribution in [2.24, 2.45) is 7.05 Å². The van der Waals surface area contributed by atoms with E-state index in [0.29, 0.717) is 0 Å². The van der Waals surface area contributed by atoms with Crippen molar-refractivity contribution in [3.8, 4) is 0 Å². The summed E-state index contributed by atoms with van der Waals surface area (Å²) in [4.78, 5) is 34.0. The number of aromatic carboxylic acids is 1. The number of aromatic nitrogens is 3. The highest BCUT2D eigenvalue weighted by Gasteiger charge is 2.44. The van der Waals surface area contributed by atoms with Gasteiger partial charge in [-0.15, -0.1) is 0 Å². The summed E-state index contributed by atoms with van der Waals surface area (Å²) in [5, 5.41) is 21.8. The lowest BCUT2D eigenvalue weighted by molar-refractivity contribution is -0.114. The van der Waals surface area contributed by atoms with E-state index in [9.17, 15) is 33.0 Å². The van der Waals surface area contributed by atoms with E-state index in [1.807, 2.05) is 0 Å². The zero-order valence-corrected chi connectivity index (χ0v) is 19.4. The van der Waals surface area contributed by atoms with Gasteiger partial charge in [0.2, 0.25) is 5.95 Å². The topological polar surface area (TPSA) is 121 Å². The first kappa shape index (κ1) is 24.7. The monoisotopic (exact) mass is 511 g/mol. The third-order valence-corrected chi connectivity index (χ3v) is 6.11. The summed E-state index contributed by atoms with van der Waals surface area (Å²) < 4.78 is 43.9. The minimum atomic E-state index is -3.40. The number of fused-ring (bicyclic) bond motifs is 1. The predicted octanol–water partition coefficient (Wildman–Crippen LogP) is 3.20. The van der Waals surface area contributed by atoms with E-state index in [1.54, 1.807) is 6.92 Å². The van der Waals surface area contributed by atoms with Gasteiger partial charge < -0.3 is 20.4 Å². The van der Waals surface area contributed by atoms with Crippen LogP contribution in [-0.2, 0) is 7.05 Å². The van der Waals surface area contributed by atoms with Crippen molar-refractivity contribution in [2.75, 3.05) is 23.3 Å². The first-order valence-electron chi connectivity index (χ1n) is 10.6. The van der Waals surface area contributed by atoms with Crippen molar-refractivity contribution in [1.29, 1.82) is 0 Å². The van der Waals surface area contributed by atoms with Gasteiger partial charge in [0.05, 0.1) is 29.2 Å². The second kappa shape index (κ2) is 9.00. The van der Waals surface area contributed by atoms with E-state index in [-0.39, 0.29) is 51.9 Å². The van der Waals surface area contributed by atoms with Gasteiger partial charge in [-0.05, 0) is 37.6 Å². The maximum atomic E-state index is 14.5. The maximum absolute atomic E-state index is 14.5. The number of piperidine rings is 1. The molecule has 2 unspecified atom stereocenters. The quantitative estimate of drug-likeness (QED) is 0.447.